The molecule has 0 bridgehead atoms. The summed E-state index contributed by atoms with van der Waals surface area (Å²) in [4.78, 5) is 0. The summed E-state index contributed by atoms with van der Waals surface area (Å²) >= 11 is 0. The molecular formula is C14H19F2NO4. The Morgan fingerprint density at radius 1 is 1.33 bits per heavy atom. The maximum Gasteiger partial charge on any atom is 0.387 e. The normalized spacial score (nSPS) is 18.8. The molecule has 21 heavy (non-hydrogen) atoms. The van der Waals surface area contributed by atoms with Gasteiger partial charge in [0.2, 0.25) is 0 Å². The van der Waals surface area contributed by atoms with E-state index in [4.69, 9.17) is 14.2 Å². The first kappa shape index (κ1) is 15.9. The SMILES string of the molecule is COc1ccc(CNCC2COCCO2)cc1OC(F)F. The Morgan fingerprint density at radius 3 is 2.86 bits per heavy atom. The molecule has 1 aromatic rings. The van der Waals surface area contributed by atoms with Crippen molar-refractivity contribution in [2.75, 3.05) is 33.5 Å². The van der Waals surface area contributed by atoms with Gasteiger partial charge in [-0.3, -0.25) is 0 Å². The fraction of sp³-hybridized carbons (Fsp3) is 0.571. The molecule has 0 saturated carbocycles. The van der Waals surface area contributed by atoms with Crippen LogP contribution in [0, 0.1) is 0 Å². The first-order chi connectivity index (χ1) is 10.2. The van der Waals surface area contributed by atoms with Crippen molar-refractivity contribution in [2.24, 2.45) is 0 Å². The van der Waals surface area contributed by atoms with Crippen LogP contribution in [0.5, 0.6) is 11.5 Å². The van der Waals surface area contributed by atoms with Gasteiger partial charge < -0.3 is 24.3 Å². The van der Waals surface area contributed by atoms with Gasteiger partial charge in [-0.25, -0.2) is 0 Å². The van der Waals surface area contributed by atoms with Crippen molar-refractivity contribution in [1.82, 2.24) is 5.32 Å². The number of nitrogens with one attached hydrogen (secondary N) is 1. The van der Waals surface area contributed by atoms with Gasteiger partial charge in [-0.05, 0) is 17.7 Å². The van der Waals surface area contributed by atoms with Crippen LogP contribution < -0.4 is 14.8 Å². The maximum atomic E-state index is 12.3. The average molecular weight is 303 g/mol. The molecule has 1 saturated heterocycles. The van der Waals surface area contributed by atoms with E-state index in [0.29, 0.717) is 32.9 Å². The topological polar surface area (TPSA) is 49.0 Å². The highest BCUT2D eigenvalue weighted by Crippen LogP contribution is 2.29. The number of benzene rings is 1. The molecule has 1 unspecified atom stereocenters. The Morgan fingerprint density at radius 2 is 2.19 bits per heavy atom. The van der Waals surface area contributed by atoms with E-state index in [1.165, 1.54) is 13.2 Å². The van der Waals surface area contributed by atoms with Gasteiger partial charge in [0.05, 0.1) is 33.0 Å². The van der Waals surface area contributed by atoms with Crippen molar-refractivity contribution in [3.63, 3.8) is 0 Å². The van der Waals surface area contributed by atoms with Gasteiger partial charge in [0.15, 0.2) is 11.5 Å². The van der Waals surface area contributed by atoms with E-state index in [-0.39, 0.29) is 17.6 Å². The van der Waals surface area contributed by atoms with Crippen LogP contribution in [0.25, 0.3) is 0 Å². The third-order valence-corrected chi connectivity index (χ3v) is 3.03. The second-order valence-corrected chi connectivity index (χ2v) is 4.56. The number of rotatable bonds is 7. The van der Waals surface area contributed by atoms with E-state index >= 15 is 0 Å². The van der Waals surface area contributed by atoms with E-state index < -0.39 is 6.61 Å². The summed E-state index contributed by atoms with van der Waals surface area (Å²) < 4.78 is 44.9. The van der Waals surface area contributed by atoms with Crippen molar-refractivity contribution in [1.29, 1.82) is 0 Å². The number of ether oxygens (including phenoxy) is 4. The second kappa shape index (κ2) is 8.11. The van der Waals surface area contributed by atoms with Crippen LogP contribution in [0.2, 0.25) is 0 Å². The largest absolute Gasteiger partial charge is 0.493 e. The highest BCUT2D eigenvalue weighted by atomic mass is 19.3. The summed E-state index contributed by atoms with van der Waals surface area (Å²) in [5.74, 6) is 0.312. The third kappa shape index (κ3) is 5.11. The van der Waals surface area contributed by atoms with Gasteiger partial charge >= 0.3 is 6.61 Å². The molecule has 1 aromatic carbocycles. The summed E-state index contributed by atoms with van der Waals surface area (Å²) in [6.07, 6.45) is 0.0220. The molecule has 2 rings (SSSR count). The Hall–Kier alpha value is -1.44. The molecule has 1 fully saturated rings. The van der Waals surface area contributed by atoms with Gasteiger partial charge in [-0.15, -0.1) is 0 Å². The van der Waals surface area contributed by atoms with E-state index in [9.17, 15) is 8.78 Å². The molecule has 5 nitrogen and oxygen atoms in total. The highest BCUT2D eigenvalue weighted by molar-refractivity contribution is 5.42. The van der Waals surface area contributed by atoms with Crippen molar-refractivity contribution in [2.45, 2.75) is 19.3 Å². The number of alkyl halides is 2. The van der Waals surface area contributed by atoms with E-state index in [1.807, 2.05) is 0 Å². The number of hydrogen-bond acceptors (Lipinski definition) is 5. The van der Waals surface area contributed by atoms with Crippen LogP contribution in [-0.4, -0.2) is 46.2 Å². The van der Waals surface area contributed by atoms with E-state index in [0.717, 1.165) is 5.56 Å². The smallest absolute Gasteiger partial charge is 0.387 e. The zero-order chi connectivity index (χ0) is 15.1. The fourth-order valence-electron chi connectivity index (χ4n) is 2.05. The molecular weight excluding hydrogens is 284 g/mol. The number of methoxy groups -OCH3 is 1. The first-order valence-corrected chi connectivity index (χ1v) is 6.71. The summed E-state index contributed by atoms with van der Waals surface area (Å²) in [6, 6.07) is 4.94. The van der Waals surface area contributed by atoms with Gasteiger partial charge in [0, 0.05) is 13.1 Å². The molecule has 1 aliphatic heterocycles. The average Bonchev–Trinajstić information content (AvgIpc) is 2.48. The second-order valence-electron chi connectivity index (χ2n) is 4.56. The van der Waals surface area contributed by atoms with E-state index in [2.05, 4.69) is 10.1 Å². The standard InChI is InChI=1S/C14H19F2NO4/c1-18-12-3-2-10(6-13(12)21-14(15)16)7-17-8-11-9-19-4-5-20-11/h2-3,6,11,14,17H,4-5,7-9H2,1H3. The zero-order valence-corrected chi connectivity index (χ0v) is 11.8. The van der Waals surface area contributed by atoms with Crippen LogP contribution in [0.3, 0.4) is 0 Å². The summed E-state index contributed by atoms with van der Waals surface area (Å²) in [5, 5.41) is 3.20. The Bertz CT molecular complexity index is 439. The van der Waals surface area contributed by atoms with Crippen LogP contribution in [0.15, 0.2) is 18.2 Å². The van der Waals surface area contributed by atoms with Crippen LogP contribution in [-0.2, 0) is 16.0 Å². The summed E-state index contributed by atoms with van der Waals surface area (Å²) in [5.41, 5.74) is 0.822. The third-order valence-electron chi connectivity index (χ3n) is 3.03. The molecule has 118 valence electrons. The molecule has 0 aliphatic carbocycles. The molecule has 1 aliphatic rings. The molecule has 7 heteroatoms. The fourth-order valence-corrected chi connectivity index (χ4v) is 2.05. The van der Waals surface area contributed by atoms with Crippen LogP contribution in [0.1, 0.15) is 5.56 Å². The summed E-state index contributed by atoms with van der Waals surface area (Å²) in [7, 11) is 1.41. The van der Waals surface area contributed by atoms with Gasteiger partial charge in [-0.2, -0.15) is 8.78 Å². The Kier molecular flexibility index (Phi) is 6.16. The first-order valence-electron chi connectivity index (χ1n) is 6.71. The number of halogens is 2. The lowest BCUT2D eigenvalue weighted by molar-refractivity contribution is -0.0864. The molecule has 0 aromatic heterocycles. The van der Waals surface area contributed by atoms with Gasteiger partial charge in [0.1, 0.15) is 0 Å². The molecule has 1 atom stereocenters. The predicted octanol–water partition coefficient (Wildman–Crippen LogP) is 1.80. The van der Waals surface area contributed by atoms with Crippen molar-refractivity contribution in [3.05, 3.63) is 23.8 Å². The quantitative estimate of drug-likeness (QED) is 0.832. The lowest BCUT2D eigenvalue weighted by Crippen LogP contribution is -2.37. The molecule has 0 spiro atoms. The number of hydrogen-bond donors (Lipinski definition) is 1. The molecule has 1 heterocycles. The summed E-state index contributed by atoms with van der Waals surface area (Å²) in [6.45, 7) is 0.0652. The molecule has 0 radical (unpaired) electrons. The minimum atomic E-state index is -2.88. The maximum absolute atomic E-state index is 12.3. The van der Waals surface area contributed by atoms with Gasteiger partial charge in [-0.1, -0.05) is 6.07 Å². The monoisotopic (exact) mass is 303 g/mol. The van der Waals surface area contributed by atoms with Crippen molar-refractivity contribution >= 4 is 0 Å². The van der Waals surface area contributed by atoms with Crippen LogP contribution >= 0.6 is 0 Å². The minimum Gasteiger partial charge on any atom is -0.493 e. The molecule has 0 amide bonds. The minimum absolute atomic E-state index is 0.0220. The lowest BCUT2D eigenvalue weighted by atomic mass is 10.2. The van der Waals surface area contributed by atoms with Gasteiger partial charge in [0.25, 0.3) is 0 Å². The Balaban J connectivity index is 1.87. The predicted molar refractivity (Wildman–Crippen MR) is 71.9 cm³/mol. The lowest BCUT2D eigenvalue weighted by Gasteiger charge is -2.23. The van der Waals surface area contributed by atoms with Crippen molar-refractivity contribution in [3.8, 4) is 11.5 Å². The zero-order valence-electron chi connectivity index (χ0n) is 11.8. The Labute approximate surface area is 122 Å². The van der Waals surface area contributed by atoms with Crippen LogP contribution in [0.4, 0.5) is 8.78 Å². The molecule has 1 N–H and O–H groups in total. The highest BCUT2D eigenvalue weighted by Gasteiger charge is 2.14. The van der Waals surface area contributed by atoms with E-state index in [1.54, 1.807) is 12.1 Å². The van der Waals surface area contributed by atoms with Crippen molar-refractivity contribution < 1.29 is 27.7 Å².